The second-order valence-electron chi connectivity index (χ2n) is 5.27. The monoisotopic (exact) mass is 287 g/mol. The van der Waals surface area contributed by atoms with Gasteiger partial charge in [-0.1, -0.05) is 38.1 Å². The van der Waals surface area contributed by atoms with Gasteiger partial charge in [0.05, 0.1) is 13.4 Å². The van der Waals surface area contributed by atoms with E-state index in [-0.39, 0.29) is 5.76 Å². The van der Waals surface area contributed by atoms with E-state index in [1.807, 2.05) is 0 Å². The smallest absolute Gasteiger partial charge is 0.374 e. The molecule has 0 fully saturated rings. The number of benzene rings is 1. The lowest BCUT2D eigenvalue weighted by molar-refractivity contribution is 0.0563. The SMILES string of the molecule is COC(=O)c1occc1CNCc1ccc(C(C)C)cc1. The molecule has 21 heavy (non-hydrogen) atoms. The van der Waals surface area contributed by atoms with Gasteiger partial charge in [0.2, 0.25) is 5.76 Å². The van der Waals surface area contributed by atoms with E-state index in [1.165, 1.54) is 24.5 Å². The molecule has 0 radical (unpaired) electrons. The topological polar surface area (TPSA) is 51.5 Å². The van der Waals surface area contributed by atoms with Gasteiger partial charge in [0.25, 0.3) is 0 Å². The van der Waals surface area contributed by atoms with Crippen LogP contribution in [0.2, 0.25) is 0 Å². The van der Waals surface area contributed by atoms with Crippen molar-refractivity contribution >= 4 is 5.97 Å². The molecule has 0 unspecified atom stereocenters. The molecule has 1 heterocycles. The Morgan fingerprint density at radius 2 is 1.90 bits per heavy atom. The van der Waals surface area contributed by atoms with E-state index in [0.29, 0.717) is 12.5 Å². The molecule has 1 N–H and O–H groups in total. The van der Waals surface area contributed by atoms with Gasteiger partial charge in [-0.2, -0.15) is 0 Å². The van der Waals surface area contributed by atoms with Gasteiger partial charge in [-0.15, -0.1) is 0 Å². The van der Waals surface area contributed by atoms with Crippen molar-refractivity contribution in [3.05, 3.63) is 59.0 Å². The first-order valence-corrected chi connectivity index (χ1v) is 7.06. The fraction of sp³-hybridized carbons (Fsp3) is 0.353. The summed E-state index contributed by atoms with van der Waals surface area (Å²) < 4.78 is 9.82. The molecule has 0 aliphatic heterocycles. The van der Waals surface area contributed by atoms with Crippen LogP contribution in [0.1, 0.15) is 47.0 Å². The highest BCUT2D eigenvalue weighted by atomic mass is 16.5. The zero-order chi connectivity index (χ0) is 15.2. The molecule has 1 aromatic heterocycles. The highest BCUT2D eigenvalue weighted by Crippen LogP contribution is 2.15. The fourth-order valence-electron chi connectivity index (χ4n) is 2.11. The van der Waals surface area contributed by atoms with Crippen LogP contribution in [-0.2, 0) is 17.8 Å². The quantitative estimate of drug-likeness (QED) is 0.826. The van der Waals surface area contributed by atoms with E-state index in [9.17, 15) is 4.79 Å². The number of nitrogens with one attached hydrogen (secondary N) is 1. The first kappa shape index (κ1) is 15.3. The lowest BCUT2D eigenvalue weighted by Crippen LogP contribution is -2.14. The summed E-state index contributed by atoms with van der Waals surface area (Å²) in [6.45, 7) is 5.66. The molecule has 0 atom stereocenters. The number of esters is 1. The number of hydrogen-bond donors (Lipinski definition) is 1. The van der Waals surface area contributed by atoms with Gasteiger partial charge >= 0.3 is 5.97 Å². The number of methoxy groups -OCH3 is 1. The van der Waals surface area contributed by atoms with Gasteiger partial charge in [0, 0.05) is 18.7 Å². The Hall–Kier alpha value is -2.07. The number of carbonyl (C=O) groups excluding carboxylic acids is 1. The molecule has 112 valence electrons. The Morgan fingerprint density at radius 1 is 1.19 bits per heavy atom. The van der Waals surface area contributed by atoms with E-state index >= 15 is 0 Å². The van der Waals surface area contributed by atoms with Crippen molar-refractivity contribution in [2.24, 2.45) is 0 Å². The van der Waals surface area contributed by atoms with Crippen LogP contribution >= 0.6 is 0 Å². The normalized spacial score (nSPS) is 10.9. The van der Waals surface area contributed by atoms with E-state index in [4.69, 9.17) is 4.42 Å². The predicted octanol–water partition coefficient (Wildman–Crippen LogP) is 3.48. The maximum atomic E-state index is 11.5. The largest absolute Gasteiger partial charge is 0.463 e. The lowest BCUT2D eigenvalue weighted by Gasteiger charge is -2.08. The number of hydrogen-bond acceptors (Lipinski definition) is 4. The third kappa shape index (κ3) is 3.95. The summed E-state index contributed by atoms with van der Waals surface area (Å²) >= 11 is 0. The van der Waals surface area contributed by atoms with Crippen molar-refractivity contribution in [1.29, 1.82) is 0 Å². The standard InChI is InChI=1S/C17H21NO3/c1-12(2)14-6-4-13(5-7-14)10-18-11-15-8-9-21-16(15)17(19)20-3/h4-9,12,18H,10-11H2,1-3H3. The Morgan fingerprint density at radius 3 is 2.52 bits per heavy atom. The highest BCUT2D eigenvalue weighted by molar-refractivity contribution is 5.87. The van der Waals surface area contributed by atoms with Crippen LogP contribution in [0.5, 0.6) is 0 Å². The van der Waals surface area contributed by atoms with Crippen LogP contribution in [0.3, 0.4) is 0 Å². The van der Waals surface area contributed by atoms with E-state index < -0.39 is 5.97 Å². The molecule has 0 aliphatic carbocycles. The third-order valence-corrected chi connectivity index (χ3v) is 3.41. The minimum absolute atomic E-state index is 0.264. The summed E-state index contributed by atoms with van der Waals surface area (Å²) in [5.74, 6) is 0.360. The summed E-state index contributed by atoms with van der Waals surface area (Å²) in [6, 6.07) is 10.3. The molecule has 0 spiro atoms. The Labute approximate surface area is 125 Å². The predicted molar refractivity (Wildman–Crippen MR) is 81.1 cm³/mol. The molecule has 1 aromatic carbocycles. The number of rotatable bonds is 6. The molecule has 0 saturated heterocycles. The van der Waals surface area contributed by atoms with Gasteiger partial charge in [0.15, 0.2) is 0 Å². The number of ether oxygens (including phenoxy) is 1. The van der Waals surface area contributed by atoms with Crippen LogP contribution < -0.4 is 5.32 Å². The first-order chi connectivity index (χ1) is 10.1. The van der Waals surface area contributed by atoms with Crippen molar-refractivity contribution in [1.82, 2.24) is 5.32 Å². The highest BCUT2D eigenvalue weighted by Gasteiger charge is 2.15. The van der Waals surface area contributed by atoms with Crippen molar-refractivity contribution in [3.8, 4) is 0 Å². The van der Waals surface area contributed by atoms with Crippen molar-refractivity contribution in [3.63, 3.8) is 0 Å². The minimum Gasteiger partial charge on any atom is -0.463 e. The molecular formula is C17H21NO3. The van der Waals surface area contributed by atoms with Crippen molar-refractivity contribution < 1.29 is 13.9 Å². The molecule has 2 aromatic rings. The maximum absolute atomic E-state index is 11.5. The summed E-state index contributed by atoms with van der Waals surface area (Å²) in [5.41, 5.74) is 3.35. The summed E-state index contributed by atoms with van der Waals surface area (Å²) in [7, 11) is 1.35. The summed E-state index contributed by atoms with van der Waals surface area (Å²) in [4.78, 5) is 11.5. The van der Waals surface area contributed by atoms with Gasteiger partial charge < -0.3 is 14.5 Å². The van der Waals surface area contributed by atoms with Crippen molar-refractivity contribution in [2.45, 2.75) is 32.9 Å². The molecule has 0 aliphatic rings. The second-order valence-corrected chi connectivity index (χ2v) is 5.27. The van der Waals surface area contributed by atoms with Crippen LogP contribution in [0.15, 0.2) is 41.0 Å². The van der Waals surface area contributed by atoms with Crippen molar-refractivity contribution in [2.75, 3.05) is 7.11 Å². The van der Waals surface area contributed by atoms with Crippen LogP contribution in [0.25, 0.3) is 0 Å². The number of furan rings is 1. The van der Waals surface area contributed by atoms with E-state index in [0.717, 1.165) is 12.1 Å². The average molecular weight is 287 g/mol. The van der Waals surface area contributed by atoms with Gasteiger partial charge in [-0.05, 0) is 23.1 Å². The molecule has 4 nitrogen and oxygen atoms in total. The molecule has 0 amide bonds. The zero-order valence-electron chi connectivity index (χ0n) is 12.7. The van der Waals surface area contributed by atoms with Crippen LogP contribution in [-0.4, -0.2) is 13.1 Å². The fourth-order valence-corrected chi connectivity index (χ4v) is 2.11. The maximum Gasteiger partial charge on any atom is 0.374 e. The minimum atomic E-state index is -0.446. The van der Waals surface area contributed by atoms with Crippen LogP contribution in [0, 0.1) is 0 Å². The summed E-state index contributed by atoms with van der Waals surface area (Å²) in [6.07, 6.45) is 1.50. The first-order valence-electron chi connectivity index (χ1n) is 7.06. The Kier molecular flexibility index (Phi) is 5.17. The molecule has 0 bridgehead atoms. The van der Waals surface area contributed by atoms with E-state index in [2.05, 4.69) is 48.2 Å². The Bertz CT molecular complexity index is 584. The lowest BCUT2D eigenvalue weighted by atomic mass is 10.0. The van der Waals surface area contributed by atoms with Gasteiger partial charge in [-0.3, -0.25) is 0 Å². The molecule has 0 saturated carbocycles. The third-order valence-electron chi connectivity index (χ3n) is 3.41. The Balaban J connectivity index is 1.90. The van der Waals surface area contributed by atoms with E-state index in [1.54, 1.807) is 6.07 Å². The van der Waals surface area contributed by atoms with Gasteiger partial charge in [-0.25, -0.2) is 4.79 Å². The average Bonchev–Trinajstić information content (AvgIpc) is 2.95. The second kappa shape index (κ2) is 7.09. The summed E-state index contributed by atoms with van der Waals surface area (Å²) in [5, 5.41) is 3.30. The zero-order valence-corrected chi connectivity index (χ0v) is 12.7. The molecule has 4 heteroatoms. The van der Waals surface area contributed by atoms with Crippen LogP contribution in [0.4, 0.5) is 0 Å². The molecular weight excluding hydrogens is 266 g/mol. The number of carbonyl (C=O) groups is 1. The van der Waals surface area contributed by atoms with Gasteiger partial charge in [0.1, 0.15) is 0 Å². The molecule has 2 rings (SSSR count).